The van der Waals surface area contributed by atoms with Gasteiger partial charge in [0.15, 0.2) is 5.78 Å². The van der Waals surface area contributed by atoms with Crippen molar-refractivity contribution >= 4 is 23.7 Å². The predicted octanol–water partition coefficient (Wildman–Crippen LogP) is 6.38. The van der Waals surface area contributed by atoms with Crippen LogP contribution in [-0.2, 0) is 20.9 Å². The minimum Gasteiger partial charge on any atom is -0.497 e. The van der Waals surface area contributed by atoms with E-state index in [0.717, 1.165) is 11.1 Å². The molecule has 0 unspecified atom stereocenters. The number of carbonyl (C=O) groups excluding carboxylic acids is 3. The number of aliphatic hydroxyl groups excluding tert-OH is 1. The third kappa shape index (κ3) is 8.13. The van der Waals surface area contributed by atoms with Gasteiger partial charge in [-0.1, -0.05) is 54.6 Å². The summed E-state index contributed by atoms with van der Waals surface area (Å²) in [6.07, 6.45) is 1.13. The highest BCUT2D eigenvalue weighted by Crippen LogP contribution is 2.42. The quantitative estimate of drug-likeness (QED) is 0.134. The Bertz CT molecular complexity index is 1680. The largest absolute Gasteiger partial charge is 0.497 e. The summed E-state index contributed by atoms with van der Waals surface area (Å²) in [6, 6.07) is 22.6. The van der Waals surface area contributed by atoms with Crippen LogP contribution in [0.5, 0.6) is 5.75 Å². The van der Waals surface area contributed by atoms with Crippen molar-refractivity contribution in [3.05, 3.63) is 108 Å². The molecule has 0 fully saturated rings. The molecule has 0 saturated heterocycles. The number of hydrogen-bond acceptors (Lipinski definition) is 6. The van der Waals surface area contributed by atoms with Crippen LogP contribution < -0.4 is 10.1 Å². The van der Waals surface area contributed by atoms with Gasteiger partial charge in [-0.05, 0) is 67.0 Å². The second-order valence-corrected chi connectivity index (χ2v) is 10.8. The molecule has 3 aromatic carbocycles. The number of ketones is 1. The van der Waals surface area contributed by atoms with Crippen molar-refractivity contribution in [3.8, 4) is 28.0 Å². The van der Waals surface area contributed by atoms with Crippen molar-refractivity contribution in [1.29, 1.82) is 0 Å². The average molecular weight is 613 g/mol. The van der Waals surface area contributed by atoms with E-state index in [1.54, 1.807) is 25.3 Å². The van der Waals surface area contributed by atoms with Gasteiger partial charge in [0.25, 0.3) is 5.91 Å². The van der Waals surface area contributed by atoms with Crippen LogP contribution in [0.3, 0.4) is 0 Å². The number of aromatic nitrogens is 1. The van der Waals surface area contributed by atoms with Crippen molar-refractivity contribution in [2.75, 3.05) is 14.2 Å². The topological polar surface area (TPSA) is 107 Å². The lowest BCUT2D eigenvalue weighted by atomic mass is 9.94. The van der Waals surface area contributed by atoms with Crippen LogP contribution in [0.25, 0.3) is 28.3 Å². The van der Waals surface area contributed by atoms with Crippen LogP contribution in [0.2, 0.25) is 0 Å². The monoisotopic (exact) mass is 612 g/mol. The van der Waals surface area contributed by atoms with Crippen LogP contribution in [0.1, 0.15) is 54.5 Å². The van der Waals surface area contributed by atoms with Crippen molar-refractivity contribution in [3.63, 3.8) is 0 Å². The molecule has 4 aromatic rings. The predicted molar refractivity (Wildman–Crippen MR) is 171 cm³/mol. The molecule has 0 aliphatic heterocycles. The molecule has 8 nitrogen and oxygen atoms in total. The Hall–Kier alpha value is -5.02. The number of aliphatic hydroxyl groups is 1. The molecule has 4 rings (SSSR count). The number of methoxy groups -OCH3 is 2. The second-order valence-electron chi connectivity index (χ2n) is 10.8. The fourth-order valence-corrected chi connectivity index (χ4v) is 5.19. The molecule has 1 amide bonds. The van der Waals surface area contributed by atoms with Gasteiger partial charge in [0.2, 0.25) is 0 Å². The van der Waals surface area contributed by atoms with E-state index < -0.39 is 23.7 Å². The Morgan fingerprint density at radius 1 is 0.911 bits per heavy atom. The molecular formula is C36H37FN2O6. The van der Waals surface area contributed by atoms with Gasteiger partial charge in [-0.25, -0.2) is 4.39 Å². The molecule has 234 valence electrons. The summed E-state index contributed by atoms with van der Waals surface area (Å²) in [5.74, 6) is -1.12. The molecule has 0 spiro atoms. The maximum Gasteiger partial charge on any atom is 0.308 e. The third-order valence-electron chi connectivity index (χ3n) is 7.25. The number of nitrogens with one attached hydrogen (secondary N) is 1. The number of halogens is 1. The van der Waals surface area contributed by atoms with Crippen molar-refractivity contribution in [2.45, 2.75) is 45.4 Å². The number of amides is 1. The summed E-state index contributed by atoms with van der Waals surface area (Å²) in [4.78, 5) is 38.7. The van der Waals surface area contributed by atoms with E-state index in [2.05, 4.69) is 10.1 Å². The molecule has 0 saturated carbocycles. The van der Waals surface area contributed by atoms with Gasteiger partial charge in [0, 0.05) is 30.1 Å². The average Bonchev–Trinajstić information content (AvgIpc) is 3.39. The molecule has 1 aromatic heterocycles. The Balaban J connectivity index is 1.88. The molecule has 0 aliphatic carbocycles. The first-order valence-corrected chi connectivity index (χ1v) is 14.6. The zero-order chi connectivity index (χ0) is 32.5. The molecule has 2 N–H and O–H groups in total. The first kappa shape index (κ1) is 32.9. The lowest BCUT2D eigenvalue weighted by Crippen LogP contribution is -2.27. The van der Waals surface area contributed by atoms with Gasteiger partial charge >= 0.3 is 5.97 Å². The van der Waals surface area contributed by atoms with Gasteiger partial charge in [-0.3, -0.25) is 14.4 Å². The Kier molecular flexibility index (Phi) is 11.0. The Labute approximate surface area is 262 Å². The normalized spacial score (nSPS) is 11.9. The summed E-state index contributed by atoms with van der Waals surface area (Å²) in [5.41, 5.74) is 4.44. The number of rotatable bonds is 13. The minimum atomic E-state index is -1.21. The van der Waals surface area contributed by atoms with E-state index in [9.17, 15) is 23.9 Å². The second kappa shape index (κ2) is 15.1. The Morgan fingerprint density at radius 2 is 1.60 bits per heavy atom. The zero-order valence-electron chi connectivity index (χ0n) is 25.7. The van der Waals surface area contributed by atoms with Gasteiger partial charge in [-0.15, -0.1) is 0 Å². The molecule has 1 atom stereocenters. The minimum absolute atomic E-state index is 0.237. The van der Waals surface area contributed by atoms with Crippen LogP contribution >= 0.6 is 0 Å². The molecule has 0 bridgehead atoms. The van der Waals surface area contributed by atoms with Crippen molar-refractivity contribution < 1.29 is 33.4 Å². The third-order valence-corrected chi connectivity index (χ3v) is 7.25. The first-order chi connectivity index (χ1) is 21.6. The highest BCUT2D eigenvalue weighted by Gasteiger charge is 2.29. The van der Waals surface area contributed by atoms with Crippen LogP contribution in [-0.4, -0.2) is 47.7 Å². The Morgan fingerprint density at radius 3 is 2.24 bits per heavy atom. The van der Waals surface area contributed by atoms with E-state index >= 15 is 0 Å². The smallest absolute Gasteiger partial charge is 0.308 e. The van der Waals surface area contributed by atoms with Crippen LogP contribution in [0.15, 0.2) is 84.9 Å². The number of allylic oxidation sites excluding steroid dienone is 1. The van der Waals surface area contributed by atoms with E-state index in [-0.39, 0.29) is 31.3 Å². The highest BCUT2D eigenvalue weighted by atomic mass is 19.1. The van der Waals surface area contributed by atoms with Gasteiger partial charge in [-0.2, -0.15) is 0 Å². The molecule has 0 aliphatic rings. The highest BCUT2D eigenvalue weighted by molar-refractivity contribution is 6.07. The summed E-state index contributed by atoms with van der Waals surface area (Å²) in [6.45, 7) is 4.10. The lowest BCUT2D eigenvalue weighted by molar-refractivity contribution is -0.143. The van der Waals surface area contributed by atoms with E-state index in [4.69, 9.17) is 4.74 Å². The first-order valence-electron chi connectivity index (χ1n) is 14.6. The molecular weight excluding hydrogens is 575 g/mol. The summed E-state index contributed by atoms with van der Waals surface area (Å²) >= 11 is 0. The number of carbonyl (C=O) groups is 3. The fourth-order valence-electron chi connectivity index (χ4n) is 5.19. The maximum atomic E-state index is 14.2. The SMILES string of the molecule is COC(=O)C[C@H](O)CC(=O)C=Cc1c(-c2ccc(F)cc2)c(-c2ccccc2)c(C(=O)NCc2cccc(OC)c2)n1C(C)C. The number of nitrogens with zero attached hydrogens (tertiary/aromatic N) is 1. The van der Waals surface area contributed by atoms with E-state index in [0.29, 0.717) is 33.8 Å². The van der Waals surface area contributed by atoms with Gasteiger partial charge in [0.05, 0.1) is 32.4 Å². The van der Waals surface area contributed by atoms with Crippen LogP contribution in [0.4, 0.5) is 4.39 Å². The molecule has 1 heterocycles. The molecule has 0 radical (unpaired) electrons. The maximum absolute atomic E-state index is 14.2. The van der Waals surface area contributed by atoms with Gasteiger partial charge in [0.1, 0.15) is 17.3 Å². The number of hydrogen-bond donors (Lipinski definition) is 2. The van der Waals surface area contributed by atoms with Crippen LogP contribution in [0, 0.1) is 5.82 Å². The summed E-state index contributed by atoms with van der Waals surface area (Å²) in [7, 11) is 2.79. The van der Waals surface area contributed by atoms with E-state index in [1.165, 1.54) is 25.3 Å². The van der Waals surface area contributed by atoms with Crippen molar-refractivity contribution in [1.82, 2.24) is 9.88 Å². The summed E-state index contributed by atoms with van der Waals surface area (Å²) < 4.78 is 25.9. The summed E-state index contributed by atoms with van der Waals surface area (Å²) in [5, 5.41) is 13.3. The molecule has 45 heavy (non-hydrogen) atoms. The number of ether oxygens (including phenoxy) is 2. The van der Waals surface area contributed by atoms with Gasteiger partial charge < -0.3 is 24.5 Å². The number of benzene rings is 3. The zero-order valence-corrected chi connectivity index (χ0v) is 25.7. The fraction of sp³-hybridized carbons (Fsp3) is 0.250. The lowest BCUT2D eigenvalue weighted by Gasteiger charge is -2.17. The standard InChI is InChI=1S/C36H37FN2O6/c1-23(2)39-31(18-17-28(40)20-29(41)21-32(42)45-4)33(26-13-15-27(37)16-14-26)34(25-10-6-5-7-11-25)35(39)36(43)38-22-24-9-8-12-30(19-24)44-3/h5-19,23,29,41H,20-22H2,1-4H3,(H,38,43)/t29-/m1/s1. The van der Waals surface area contributed by atoms with E-state index in [1.807, 2.05) is 73.0 Å². The van der Waals surface area contributed by atoms with Crippen molar-refractivity contribution in [2.24, 2.45) is 0 Å². The molecule has 9 heteroatoms. The number of esters is 1.